The van der Waals surface area contributed by atoms with E-state index in [1.165, 1.54) is 13.4 Å². The molecule has 3 rings (SSSR count). The summed E-state index contributed by atoms with van der Waals surface area (Å²) in [5, 5.41) is 3.19. The lowest BCUT2D eigenvalue weighted by Gasteiger charge is -2.11. The van der Waals surface area contributed by atoms with Crippen molar-refractivity contribution in [3.63, 3.8) is 0 Å². The Balaban J connectivity index is 1.88. The second kappa shape index (κ2) is 7.49. The second-order valence-corrected chi connectivity index (χ2v) is 7.64. The first-order valence-electron chi connectivity index (χ1n) is 7.81. The number of methoxy groups -OCH3 is 1. The molecule has 0 unspecified atom stereocenters. The fraction of sp³-hybridized carbons (Fsp3) is 0.167. The van der Waals surface area contributed by atoms with Gasteiger partial charge in [0.1, 0.15) is 11.5 Å². The summed E-state index contributed by atoms with van der Waals surface area (Å²) < 4.78 is 28.5. The van der Waals surface area contributed by atoms with Crippen molar-refractivity contribution in [2.24, 2.45) is 0 Å². The molecule has 0 atom stereocenters. The Bertz CT molecular complexity index is 991. The molecule has 0 spiro atoms. The topological polar surface area (TPSA) is 94.1 Å². The van der Waals surface area contributed by atoms with E-state index in [2.05, 4.69) is 20.3 Å². The molecule has 134 valence electrons. The molecule has 0 amide bonds. The number of aromatic nitrogens is 3. The van der Waals surface area contributed by atoms with Crippen molar-refractivity contribution in [3.8, 4) is 17.1 Å². The summed E-state index contributed by atoms with van der Waals surface area (Å²) in [7, 11) is -1.74. The summed E-state index contributed by atoms with van der Waals surface area (Å²) in [5.41, 5.74) is 2.26. The number of anilines is 1. The van der Waals surface area contributed by atoms with Crippen LogP contribution in [0.15, 0.2) is 59.9 Å². The predicted molar refractivity (Wildman–Crippen MR) is 98.7 cm³/mol. The van der Waals surface area contributed by atoms with E-state index in [9.17, 15) is 8.42 Å². The van der Waals surface area contributed by atoms with E-state index in [0.29, 0.717) is 29.5 Å². The Kier molecular flexibility index (Phi) is 5.13. The average molecular weight is 370 g/mol. The molecular formula is C18H18N4O3S. The van der Waals surface area contributed by atoms with Crippen LogP contribution in [0.1, 0.15) is 5.56 Å². The minimum Gasteiger partial charge on any atom is -0.479 e. The van der Waals surface area contributed by atoms with E-state index in [-0.39, 0.29) is 4.90 Å². The van der Waals surface area contributed by atoms with Crippen LogP contribution in [-0.4, -0.2) is 36.7 Å². The molecule has 2 aromatic heterocycles. The molecule has 3 aromatic rings. The third kappa shape index (κ3) is 4.15. The van der Waals surface area contributed by atoms with Crippen LogP contribution in [0.2, 0.25) is 0 Å². The molecule has 0 aliphatic heterocycles. The summed E-state index contributed by atoms with van der Waals surface area (Å²) >= 11 is 0. The Morgan fingerprint density at radius 3 is 2.50 bits per heavy atom. The average Bonchev–Trinajstić information content (AvgIpc) is 2.66. The number of hydrogen-bond donors (Lipinski definition) is 1. The summed E-state index contributed by atoms with van der Waals surface area (Å²) in [5.74, 6) is 0.945. The normalized spacial score (nSPS) is 11.2. The van der Waals surface area contributed by atoms with Gasteiger partial charge in [-0.15, -0.1) is 0 Å². The lowest BCUT2D eigenvalue weighted by atomic mass is 10.1. The van der Waals surface area contributed by atoms with Crippen LogP contribution in [0.25, 0.3) is 11.3 Å². The van der Waals surface area contributed by atoms with E-state index in [1.807, 2.05) is 12.1 Å². The first kappa shape index (κ1) is 17.8. The number of hydrogen-bond acceptors (Lipinski definition) is 7. The van der Waals surface area contributed by atoms with Crippen LogP contribution in [0.3, 0.4) is 0 Å². The molecule has 7 nitrogen and oxygen atoms in total. The molecule has 0 saturated heterocycles. The number of pyridine rings is 1. The first-order chi connectivity index (χ1) is 12.5. The van der Waals surface area contributed by atoms with E-state index in [0.717, 1.165) is 5.56 Å². The molecule has 8 heteroatoms. The SMILES string of the molecule is COc1ncc(NCc2cccnc2)nc1-c1ccc(S(C)(=O)=O)cc1. The Hall–Kier alpha value is -3.00. The highest BCUT2D eigenvalue weighted by Gasteiger charge is 2.13. The maximum atomic E-state index is 11.6. The molecule has 0 aliphatic carbocycles. The van der Waals surface area contributed by atoms with E-state index < -0.39 is 9.84 Å². The van der Waals surface area contributed by atoms with Gasteiger partial charge in [0.25, 0.3) is 0 Å². The van der Waals surface area contributed by atoms with Crippen LogP contribution < -0.4 is 10.1 Å². The summed E-state index contributed by atoms with van der Waals surface area (Å²) in [6, 6.07) is 10.3. The zero-order valence-electron chi connectivity index (χ0n) is 14.4. The highest BCUT2D eigenvalue weighted by atomic mass is 32.2. The second-order valence-electron chi connectivity index (χ2n) is 5.62. The standard InChI is InChI=1S/C18H18N4O3S/c1-25-18-17(14-5-7-15(8-6-14)26(2,23)24)22-16(12-21-18)20-11-13-4-3-9-19-10-13/h3-10,12H,11H2,1-2H3,(H,20,22). The highest BCUT2D eigenvalue weighted by Crippen LogP contribution is 2.28. The molecule has 2 heterocycles. The van der Waals surface area contributed by atoms with Crippen LogP contribution in [-0.2, 0) is 16.4 Å². The molecule has 0 aliphatic rings. The third-order valence-corrected chi connectivity index (χ3v) is 4.81. The highest BCUT2D eigenvalue weighted by molar-refractivity contribution is 7.90. The van der Waals surface area contributed by atoms with E-state index in [4.69, 9.17) is 4.74 Å². The largest absolute Gasteiger partial charge is 0.479 e. The van der Waals surface area contributed by atoms with E-state index in [1.54, 1.807) is 42.9 Å². The van der Waals surface area contributed by atoms with Crippen molar-refractivity contribution < 1.29 is 13.2 Å². The number of sulfone groups is 1. The number of nitrogens with one attached hydrogen (secondary N) is 1. The first-order valence-corrected chi connectivity index (χ1v) is 9.71. The summed E-state index contributed by atoms with van der Waals surface area (Å²) in [6.07, 6.45) is 6.25. The van der Waals surface area contributed by atoms with Crippen LogP contribution in [0.4, 0.5) is 5.82 Å². The van der Waals surface area contributed by atoms with Crippen LogP contribution in [0, 0.1) is 0 Å². The maximum Gasteiger partial charge on any atom is 0.240 e. The minimum absolute atomic E-state index is 0.249. The Morgan fingerprint density at radius 2 is 1.88 bits per heavy atom. The molecule has 0 saturated carbocycles. The van der Waals surface area contributed by atoms with Gasteiger partial charge in [0.15, 0.2) is 9.84 Å². The van der Waals surface area contributed by atoms with Crippen LogP contribution in [0.5, 0.6) is 5.88 Å². The van der Waals surface area contributed by atoms with Gasteiger partial charge >= 0.3 is 0 Å². The van der Waals surface area contributed by atoms with Crippen molar-refractivity contribution in [1.29, 1.82) is 0 Å². The lowest BCUT2D eigenvalue weighted by Crippen LogP contribution is -2.04. The zero-order valence-corrected chi connectivity index (χ0v) is 15.2. The number of benzene rings is 1. The van der Waals surface area contributed by atoms with Crippen molar-refractivity contribution >= 4 is 15.7 Å². The van der Waals surface area contributed by atoms with Gasteiger partial charge in [0.2, 0.25) is 5.88 Å². The molecular weight excluding hydrogens is 352 g/mol. The Morgan fingerprint density at radius 1 is 1.12 bits per heavy atom. The van der Waals surface area contributed by atoms with Crippen molar-refractivity contribution in [2.75, 3.05) is 18.7 Å². The predicted octanol–water partition coefficient (Wildman–Crippen LogP) is 2.56. The maximum absolute atomic E-state index is 11.6. The van der Waals surface area contributed by atoms with Gasteiger partial charge in [0, 0.05) is 30.8 Å². The van der Waals surface area contributed by atoms with Gasteiger partial charge in [-0.2, -0.15) is 0 Å². The summed E-state index contributed by atoms with van der Waals surface area (Å²) in [4.78, 5) is 13.1. The van der Waals surface area contributed by atoms with Gasteiger partial charge in [-0.25, -0.2) is 18.4 Å². The Labute approximate surface area is 152 Å². The van der Waals surface area contributed by atoms with Gasteiger partial charge in [-0.1, -0.05) is 18.2 Å². The number of rotatable bonds is 6. The van der Waals surface area contributed by atoms with Crippen molar-refractivity contribution in [3.05, 3.63) is 60.6 Å². The number of nitrogens with zero attached hydrogens (tertiary/aromatic N) is 3. The van der Waals surface area contributed by atoms with Crippen LogP contribution >= 0.6 is 0 Å². The third-order valence-electron chi connectivity index (χ3n) is 3.68. The molecule has 1 N–H and O–H groups in total. The van der Waals surface area contributed by atoms with Crippen molar-refractivity contribution in [1.82, 2.24) is 15.0 Å². The molecule has 1 aromatic carbocycles. The fourth-order valence-electron chi connectivity index (χ4n) is 2.36. The van der Waals surface area contributed by atoms with Crippen molar-refractivity contribution in [2.45, 2.75) is 11.4 Å². The zero-order chi connectivity index (χ0) is 18.6. The molecule has 26 heavy (non-hydrogen) atoms. The fourth-order valence-corrected chi connectivity index (χ4v) is 2.99. The summed E-state index contributed by atoms with van der Waals surface area (Å²) in [6.45, 7) is 0.557. The molecule has 0 bridgehead atoms. The van der Waals surface area contributed by atoms with Gasteiger partial charge in [0.05, 0.1) is 18.2 Å². The number of ether oxygens (including phenoxy) is 1. The quantitative estimate of drug-likeness (QED) is 0.712. The van der Waals surface area contributed by atoms with Gasteiger partial charge in [-0.05, 0) is 23.8 Å². The molecule has 0 radical (unpaired) electrons. The monoisotopic (exact) mass is 370 g/mol. The van der Waals surface area contributed by atoms with E-state index >= 15 is 0 Å². The minimum atomic E-state index is -3.25. The van der Waals surface area contributed by atoms with Gasteiger partial charge < -0.3 is 10.1 Å². The smallest absolute Gasteiger partial charge is 0.240 e. The molecule has 0 fully saturated rings. The lowest BCUT2D eigenvalue weighted by molar-refractivity contribution is 0.398. The van der Waals surface area contributed by atoms with Gasteiger partial charge in [-0.3, -0.25) is 4.98 Å².